The lowest BCUT2D eigenvalue weighted by Gasteiger charge is -2.34. The molecule has 0 bridgehead atoms. The molecule has 2 heterocycles. The first-order chi connectivity index (χ1) is 10.9. The van der Waals surface area contributed by atoms with Crippen LogP contribution in [0.5, 0.6) is 5.88 Å². The summed E-state index contributed by atoms with van der Waals surface area (Å²) in [5, 5.41) is 0. The molecule has 1 aromatic rings. The summed E-state index contributed by atoms with van der Waals surface area (Å²) in [6.45, 7) is 2.18. The first kappa shape index (κ1) is 17.0. The Morgan fingerprint density at radius 2 is 1.96 bits per heavy atom. The Morgan fingerprint density at radius 1 is 1.26 bits per heavy atom. The molecule has 0 amide bonds. The highest BCUT2D eigenvalue weighted by Gasteiger charge is 2.63. The average Bonchev–Trinajstić information content (AvgIpc) is 3.29. The number of pyridine rings is 1. The second-order valence-electron chi connectivity index (χ2n) is 6.62. The minimum atomic E-state index is -4.06. The molecule has 2 aliphatic rings. The van der Waals surface area contributed by atoms with Gasteiger partial charge in [0.1, 0.15) is 0 Å². The Hall–Kier alpha value is -0.820. The molecule has 2 fully saturated rings. The van der Waals surface area contributed by atoms with E-state index < -0.39 is 11.6 Å². The third-order valence-electron chi connectivity index (χ3n) is 4.86. The van der Waals surface area contributed by atoms with E-state index >= 15 is 0 Å². The summed E-state index contributed by atoms with van der Waals surface area (Å²) >= 11 is 3.32. The molecule has 3 rings (SSSR count). The molecule has 1 aliphatic heterocycles. The van der Waals surface area contributed by atoms with Crippen LogP contribution in [0.15, 0.2) is 22.8 Å². The molecular formula is C16H20BrF3N2O. The van der Waals surface area contributed by atoms with Crippen LogP contribution in [0.3, 0.4) is 0 Å². The first-order valence-electron chi connectivity index (χ1n) is 7.91. The molecule has 0 atom stereocenters. The van der Waals surface area contributed by atoms with Gasteiger partial charge in [-0.15, -0.1) is 0 Å². The Labute approximate surface area is 142 Å². The number of ether oxygens (including phenoxy) is 1. The maximum Gasteiger partial charge on any atom is 0.395 e. The van der Waals surface area contributed by atoms with E-state index in [0.29, 0.717) is 18.4 Å². The van der Waals surface area contributed by atoms with Gasteiger partial charge in [-0.05, 0) is 66.7 Å². The molecule has 23 heavy (non-hydrogen) atoms. The molecular weight excluding hydrogens is 373 g/mol. The van der Waals surface area contributed by atoms with E-state index in [9.17, 15) is 13.2 Å². The summed E-state index contributed by atoms with van der Waals surface area (Å²) in [7, 11) is 0. The number of aromatic nitrogens is 1. The van der Waals surface area contributed by atoms with Crippen LogP contribution in [0.2, 0.25) is 0 Å². The molecule has 3 nitrogen and oxygen atoms in total. The number of nitrogens with zero attached hydrogens (tertiary/aromatic N) is 2. The summed E-state index contributed by atoms with van der Waals surface area (Å²) in [5.74, 6) is 0.974. The van der Waals surface area contributed by atoms with Crippen molar-refractivity contribution < 1.29 is 17.9 Å². The summed E-state index contributed by atoms with van der Waals surface area (Å²) < 4.78 is 45.6. The van der Waals surface area contributed by atoms with E-state index in [4.69, 9.17) is 4.74 Å². The SMILES string of the molecule is FC(F)(F)C1(CN2CCC(COc3ccc(Br)cn3)CC2)CC1. The fraction of sp³-hybridized carbons (Fsp3) is 0.688. The van der Waals surface area contributed by atoms with Crippen molar-refractivity contribution in [2.75, 3.05) is 26.2 Å². The van der Waals surface area contributed by atoms with Gasteiger partial charge in [0.2, 0.25) is 5.88 Å². The molecule has 128 valence electrons. The van der Waals surface area contributed by atoms with Crippen molar-refractivity contribution in [2.45, 2.75) is 31.9 Å². The second kappa shape index (κ2) is 6.59. The highest BCUT2D eigenvalue weighted by atomic mass is 79.9. The van der Waals surface area contributed by atoms with Gasteiger partial charge in [-0.2, -0.15) is 13.2 Å². The predicted molar refractivity (Wildman–Crippen MR) is 84.3 cm³/mol. The third-order valence-corrected chi connectivity index (χ3v) is 5.32. The third kappa shape index (κ3) is 4.18. The number of rotatable bonds is 5. The molecule has 0 radical (unpaired) electrons. The smallest absolute Gasteiger partial charge is 0.395 e. The zero-order chi connectivity index (χ0) is 16.5. The molecule has 0 unspecified atom stereocenters. The summed E-state index contributed by atoms with van der Waals surface area (Å²) in [6, 6.07) is 3.68. The fourth-order valence-corrected chi connectivity index (χ4v) is 3.31. The van der Waals surface area contributed by atoms with Gasteiger partial charge in [-0.3, -0.25) is 0 Å². The Bertz CT molecular complexity index is 523. The van der Waals surface area contributed by atoms with E-state index in [2.05, 4.69) is 20.9 Å². The molecule has 1 saturated carbocycles. The zero-order valence-electron chi connectivity index (χ0n) is 12.8. The van der Waals surface area contributed by atoms with Gasteiger partial charge < -0.3 is 9.64 Å². The van der Waals surface area contributed by atoms with Crippen molar-refractivity contribution in [1.29, 1.82) is 0 Å². The van der Waals surface area contributed by atoms with Crippen molar-refractivity contribution in [1.82, 2.24) is 9.88 Å². The summed E-state index contributed by atoms with van der Waals surface area (Å²) in [4.78, 5) is 6.12. The number of piperidine rings is 1. The van der Waals surface area contributed by atoms with Crippen LogP contribution in [0.25, 0.3) is 0 Å². The van der Waals surface area contributed by atoms with E-state index in [0.717, 1.165) is 30.4 Å². The highest BCUT2D eigenvalue weighted by Crippen LogP contribution is 2.58. The van der Waals surface area contributed by atoms with Crippen LogP contribution in [-0.2, 0) is 0 Å². The molecule has 0 spiro atoms. The van der Waals surface area contributed by atoms with Crippen molar-refractivity contribution in [3.05, 3.63) is 22.8 Å². The van der Waals surface area contributed by atoms with Crippen LogP contribution >= 0.6 is 15.9 Å². The van der Waals surface area contributed by atoms with Crippen LogP contribution in [0, 0.1) is 11.3 Å². The van der Waals surface area contributed by atoms with Gasteiger partial charge in [-0.1, -0.05) is 0 Å². The summed E-state index contributed by atoms with van der Waals surface area (Å²) in [5.41, 5.74) is -1.42. The lowest BCUT2D eigenvalue weighted by Crippen LogP contribution is -2.43. The summed E-state index contributed by atoms with van der Waals surface area (Å²) in [6.07, 6.45) is -0.0388. The van der Waals surface area contributed by atoms with Gasteiger partial charge in [-0.25, -0.2) is 4.98 Å². The van der Waals surface area contributed by atoms with Crippen molar-refractivity contribution in [2.24, 2.45) is 11.3 Å². The van der Waals surface area contributed by atoms with Crippen LogP contribution < -0.4 is 4.74 Å². The number of hydrogen-bond acceptors (Lipinski definition) is 3. The molecule has 1 saturated heterocycles. The maximum atomic E-state index is 13.0. The van der Waals surface area contributed by atoms with Gasteiger partial charge in [0.15, 0.2) is 0 Å². The maximum absolute atomic E-state index is 13.0. The standard InChI is InChI=1S/C16H20BrF3N2O/c17-13-1-2-14(21-9-13)23-10-12-3-7-22(8-4-12)11-15(5-6-15)16(18,19)20/h1-2,9,12H,3-8,10-11H2. The molecule has 1 aromatic heterocycles. The van der Waals surface area contributed by atoms with Gasteiger partial charge in [0.25, 0.3) is 0 Å². The van der Waals surface area contributed by atoms with Gasteiger partial charge >= 0.3 is 6.18 Å². The number of hydrogen-bond donors (Lipinski definition) is 0. The Morgan fingerprint density at radius 3 is 2.48 bits per heavy atom. The van der Waals surface area contributed by atoms with E-state index in [1.54, 1.807) is 12.3 Å². The number of likely N-dealkylation sites (tertiary alicyclic amines) is 1. The predicted octanol–water partition coefficient (Wildman–Crippen LogP) is 4.28. The van der Waals surface area contributed by atoms with Crippen LogP contribution in [0.1, 0.15) is 25.7 Å². The van der Waals surface area contributed by atoms with Crippen LogP contribution in [-0.4, -0.2) is 42.3 Å². The quantitative estimate of drug-likeness (QED) is 0.747. The zero-order valence-corrected chi connectivity index (χ0v) is 14.4. The molecule has 7 heteroatoms. The monoisotopic (exact) mass is 392 g/mol. The Kier molecular flexibility index (Phi) is 4.88. The fourth-order valence-electron chi connectivity index (χ4n) is 3.07. The minimum Gasteiger partial charge on any atom is -0.477 e. The normalized spacial score (nSPS) is 22.1. The van der Waals surface area contributed by atoms with Crippen molar-refractivity contribution >= 4 is 15.9 Å². The Balaban J connectivity index is 1.41. The molecule has 1 aliphatic carbocycles. The van der Waals surface area contributed by atoms with Gasteiger partial charge in [0.05, 0.1) is 12.0 Å². The topological polar surface area (TPSA) is 25.4 Å². The highest BCUT2D eigenvalue weighted by molar-refractivity contribution is 9.10. The largest absolute Gasteiger partial charge is 0.477 e. The van der Waals surface area contributed by atoms with E-state index in [1.165, 1.54) is 0 Å². The lowest BCUT2D eigenvalue weighted by atomic mass is 9.96. The van der Waals surface area contributed by atoms with Crippen molar-refractivity contribution in [3.63, 3.8) is 0 Å². The van der Waals surface area contributed by atoms with Crippen molar-refractivity contribution in [3.8, 4) is 5.88 Å². The average molecular weight is 393 g/mol. The molecule has 0 N–H and O–H groups in total. The van der Waals surface area contributed by atoms with E-state index in [1.807, 2.05) is 11.0 Å². The van der Waals surface area contributed by atoms with E-state index in [-0.39, 0.29) is 19.4 Å². The lowest BCUT2D eigenvalue weighted by molar-refractivity contribution is -0.192. The number of halogens is 4. The first-order valence-corrected chi connectivity index (χ1v) is 8.71. The van der Waals surface area contributed by atoms with Crippen LogP contribution in [0.4, 0.5) is 13.2 Å². The van der Waals surface area contributed by atoms with Gasteiger partial charge in [0, 0.05) is 23.3 Å². The second-order valence-corrected chi connectivity index (χ2v) is 7.54. The molecule has 0 aromatic carbocycles. The minimum absolute atomic E-state index is 0.165. The number of alkyl halides is 3.